The second-order valence-corrected chi connectivity index (χ2v) is 7.79. The summed E-state index contributed by atoms with van der Waals surface area (Å²) in [4.78, 5) is 33.2. The predicted octanol–water partition coefficient (Wildman–Crippen LogP) is 6.17. The van der Waals surface area contributed by atoms with E-state index in [1.807, 2.05) is 98.8 Å². The predicted molar refractivity (Wildman–Crippen MR) is 136 cm³/mol. The number of aromatic nitrogens is 2. The van der Waals surface area contributed by atoms with Crippen molar-refractivity contribution in [3.63, 3.8) is 0 Å². The van der Waals surface area contributed by atoms with Crippen LogP contribution >= 0.6 is 0 Å². The monoisotopic (exact) mass is 450 g/mol. The average Bonchev–Trinajstić information content (AvgIpc) is 2.89. The van der Waals surface area contributed by atoms with E-state index in [9.17, 15) is 9.59 Å². The molecule has 4 rings (SSSR count). The second kappa shape index (κ2) is 10.5. The zero-order chi connectivity index (χ0) is 23.9. The Morgan fingerprint density at radius 2 is 1.21 bits per heavy atom. The van der Waals surface area contributed by atoms with Crippen LogP contribution in [0.1, 0.15) is 26.7 Å². The van der Waals surface area contributed by atoms with Crippen LogP contribution in [-0.2, 0) is 9.59 Å². The molecule has 0 atom stereocenters. The number of hydrogen-bond donors (Lipinski definition) is 2. The Bertz CT molecular complexity index is 1300. The van der Waals surface area contributed by atoms with Crippen LogP contribution in [0, 0.1) is 0 Å². The van der Waals surface area contributed by atoms with Crippen molar-refractivity contribution in [2.45, 2.75) is 26.7 Å². The van der Waals surface area contributed by atoms with Crippen LogP contribution in [0.25, 0.3) is 33.9 Å². The Hall–Kier alpha value is -4.32. The van der Waals surface area contributed by atoms with Gasteiger partial charge in [0.2, 0.25) is 11.8 Å². The van der Waals surface area contributed by atoms with Crippen molar-refractivity contribution < 1.29 is 9.59 Å². The van der Waals surface area contributed by atoms with E-state index in [2.05, 4.69) is 10.6 Å². The zero-order valence-corrected chi connectivity index (χ0v) is 19.2. The van der Waals surface area contributed by atoms with Gasteiger partial charge in [-0.1, -0.05) is 68.4 Å². The number of rotatable bonds is 7. The number of carbonyl (C=O) groups excluding carboxylic acids is 2. The molecule has 3 aromatic carbocycles. The molecule has 2 N–H and O–H groups in total. The number of nitrogens with one attached hydrogen (secondary N) is 2. The third-order valence-corrected chi connectivity index (χ3v) is 5.31. The highest BCUT2D eigenvalue weighted by Crippen LogP contribution is 2.29. The maximum absolute atomic E-state index is 11.9. The van der Waals surface area contributed by atoms with Gasteiger partial charge in [0.15, 0.2) is 5.82 Å². The smallest absolute Gasteiger partial charge is 0.224 e. The Morgan fingerprint density at radius 1 is 0.618 bits per heavy atom. The summed E-state index contributed by atoms with van der Waals surface area (Å²) in [6.07, 6.45) is 0.837. The number of nitrogens with zero attached hydrogens (tertiary/aromatic N) is 2. The standard InChI is InChI=1S/C28H26N4O2/c1-3-26(33)29-22-15-13-19(14-16-22)24-18-25(32-28(31-24)20-9-6-5-7-10-20)21-11-8-12-23(17-21)30-27(34)4-2/h5-18H,3-4H2,1-2H3,(H,29,33)(H,30,34). The Kier molecular flexibility index (Phi) is 7.08. The van der Waals surface area contributed by atoms with Crippen LogP contribution < -0.4 is 10.6 Å². The van der Waals surface area contributed by atoms with E-state index in [4.69, 9.17) is 9.97 Å². The summed E-state index contributed by atoms with van der Waals surface area (Å²) in [6.45, 7) is 3.64. The van der Waals surface area contributed by atoms with E-state index in [1.165, 1.54) is 0 Å². The highest BCUT2D eigenvalue weighted by atomic mass is 16.2. The molecule has 1 aromatic heterocycles. The molecule has 0 aliphatic carbocycles. The molecule has 6 heteroatoms. The fourth-order valence-electron chi connectivity index (χ4n) is 3.44. The second-order valence-electron chi connectivity index (χ2n) is 7.79. The summed E-state index contributed by atoms with van der Waals surface area (Å²) in [5.74, 6) is 0.540. The molecule has 0 spiro atoms. The molecule has 0 radical (unpaired) electrons. The highest BCUT2D eigenvalue weighted by molar-refractivity contribution is 5.91. The van der Waals surface area contributed by atoms with E-state index in [0.717, 1.165) is 39.5 Å². The van der Waals surface area contributed by atoms with Gasteiger partial charge in [-0.2, -0.15) is 0 Å². The van der Waals surface area contributed by atoms with Gasteiger partial charge in [-0.05, 0) is 30.3 Å². The normalized spacial score (nSPS) is 10.5. The van der Waals surface area contributed by atoms with Crippen molar-refractivity contribution in [3.05, 3.63) is 84.9 Å². The number of hydrogen-bond acceptors (Lipinski definition) is 4. The molecule has 0 aliphatic rings. The van der Waals surface area contributed by atoms with Crippen LogP contribution in [0.3, 0.4) is 0 Å². The number of benzene rings is 3. The van der Waals surface area contributed by atoms with E-state index in [0.29, 0.717) is 18.7 Å². The molecular formula is C28H26N4O2. The summed E-state index contributed by atoms with van der Waals surface area (Å²) >= 11 is 0. The summed E-state index contributed by atoms with van der Waals surface area (Å²) in [6, 6.07) is 27.0. The molecule has 0 bridgehead atoms. The van der Waals surface area contributed by atoms with Gasteiger partial charge in [0, 0.05) is 40.9 Å². The molecule has 1 heterocycles. The molecule has 0 aliphatic heterocycles. The lowest BCUT2D eigenvalue weighted by Gasteiger charge is -2.11. The largest absolute Gasteiger partial charge is 0.326 e. The van der Waals surface area contributed by atoms with Gasteiger partial charge in [-0.25, -0.2) is 9.97 Å². The summed E-state index contributed by atoms with van der Waals surface area (Å²) in [5, 5.41) is 5.77. The summed E-state index contributed by atoms with van der Waals surface area (Å²) in [7, 11) is 0. The van der Waals surface area contributed by atoms with Crippen LogP contribution in [0.15, 0.2) is 84.9 Å². The van der Waals surface area contributed by atoms with E-state index in [-0.39, 0.29) is 11.8 Å². The molecule has 0 saturated carbocycles. The highest BCUT2D eigenvalue weighted by Gasteiger charge is 2.12. The lowest BCUT2D eigenvalue weighted by molar-refractivity contribution is -0.116. The molecular weight excluding hydrogens is 424 g/mol. The quantitative estimate of drug-likeness (QED) is 0.352. The van der Waals surface area contributed by atoms with E-state index < -0.39 is 0 Å². The Labute approximate surface area is 199 Å². The maximum atomic E-state index is 11.9. The molecule has 0 fully saturated rings. The molecule has 34 heavy (non-hydrogen) atoms. The van der Waals surface area contributed by atoms with E-state index in [1.54, 1.807) is 0 Å². The van der Waals surface area contributed by atoms with Gasteiger partial charge in [0.05, 0.1) is 11.4 Å². The van der Waals surface area contributed by atoms with Gasteiger partial charge in [-0.3, -0.25) is 9.59 Å². The minimum atomic E-state index is -0.0410. The van der Waals surface area contributed by atoms with Crippen molar-refractivity contribution in [1.29, 1.82) is 0 Å². The fourth-order valence-corrected chi connectivity index (χ4v) is 3.44. The number of carbonyl (C=O) groups is 2. The van der Waals surface area contributed by atoms with Crippen molar-refractivity contribution in [3.8, 4) is 33.9 Å². The minimum absolute atomic E-state index is 0.0292. The number of amides is 2. The SMILES string of the molecule is CCC(=O)Nc1ccc(-c2cc(-c3cccc(NC(=O)CC)c3)nc(-c3ccccc3)n2)cc1. The molecule has 4 aromatic rings. The van der Waals surface area contributed by atoms with Crippen molar-refractivity contribution in [1.82, 2.24) is 9.97 Å². The first-order chi connectivity index (χ1) is 16.6. The van der Waals surface area contributed by atoms with Gasteiger partial charge >= 0.3 is 0 Å². The van der Waals surface area contributed by atoms with Crippen molar-refractivity contribution in [2.75, 3.05) is 10.6 Å². The minimum Gasteiger partial charge on any atom is -0.326 e. The third-order valence-electron chi connectivity index (χ3n) is 5.31. The Balaban J connectivity index is 1.76. The average molecular weight is 451 g/mol. The summed E-state index contributed by atoms with van der Waals surface area (Å²) < 4.78 is 0. The molecule has 0 unspecified atom stereocenters. The van der Waals surface area contributed by atoms with Crippen LogP contribution in [0.4, 0.5) is 11.4 Å². The topological polar surface area (TPSA) is 84.0 Å². The maximum Gasteiger partial charge on any atom is 0.224 e. The number of anilines is 2. The molecule has 0 saturated heterocycles. The van der Waals surface area contributed by atoms with Gasteiger partial charge in [0.25, 0.3) is 0 Å². The fraction of sp³-hybridized carbons (Fsp3) is 0.143. The molecule has 2 amide bonds. The van der Waals surface area contributed by atoms with Crippen molar-refractivity contribution >= 4 is 23.2 Å². The van der Waals surface area contributed by atoms with Crippen LogP contribution in [-0.4, -0.2) is 21.8 Å². The lowest BCUT2D eigenvalue weighted by atomic mass is 10.1. The first kappa shape index (κ1) is 22.9. The van der Waals surface area contributed by atoms with Crippen molar-refractivity contribution in [2.24, 2.45) is 0 Å². The first-order valence-electron chi connectivity index (χ1n) is 11.3. The summed E-state index contributed by atoms with van der Waals surface area (Å²) in [5.41, 5.74) is 5.68. The van der Waals surface area contributed by atoms with Gasteiger partial charge in [0.1, 0.15) is 0 Å². The molecule has 170 valence electrons. The first-order valence-corrected chi connectivity index (χ1v) is 11.3. The third kappa shape index (κ3) is 5.53. The van der Waals surface area contributed by atoms with E-state index >= 15 is 0 Å². The lowest BCUT2D eigenvalue weighted by Crippen LogP contribution is -2.09. The zero-order valence-electron chi connectivity index (χ0n) is 19.2. The molecule has 6 nitrogen and oxygen atoms in total. The van der Waals surface area contributed by atoms with Gasteiger partial charge in [-0.15, -0.1) is 0 Å². The van der Waals surface area contributed by atoms with Crippen LogP contribution in [0.5, 0.6) is 0 Å². The Morgan fingerprint density at radius 3 is 1.85 bits per heavy atom. The van der Waals surface area contributed by atoms with Crippen LogP contribution in [0.2, 0.25) is 0 Å². The van der Waals surface area contributed by atoms with Gasteiger partial charge < -0.3 is 10.6 Å².